The summed E-state index contributed by atoms with van der Waals surface area (Å²) < 4.78 is 0. The van der Waals surface area contributed by atoms with E-state index in [9.17, 15) is 0 Å². The van der Waals surface area contributed by atoms with Gasteiger partial charge < -0.3 is 25.5 Å². The van der Waals surface area contributed by atoms with Crippen molar-refractivity contribution in [1.82, 2.24) is 0 Å². The van der Waals surface area contributed by atoms with Gasteiger partial charge in [-0.3, -0.25) is 0 Å². The second-order valence-electron chi connectivity index (χ2n) is 4.81. The van der Waals surface area contributed by atoms with Gasteiger partial charge >= 0.3 is 0 Å². The van der Waals surface area contributed by atoms with Crippen LogP contribution in [0.1, 0.15) is 22.3 Å². The number of aromatic hydroxyl groups is 4. The molecule has 0 amide bonds. The van der Waals surface area contributed by atoms with E-state index in [0.29, 0.717) is 11.1 Å². The van der Waals surface area contributed by atoms with Gasteiger partial charge in [0.2, 0.25) is 0 Å². The first-order valence-corrected chi connectivity index (χ1v) is 6.37. The number of aliphatic hydroxyl groups excluding tert-OH is 1. The van der Waals surface area contributed by atoms with E-state index in [1.165, 1.54) is 18.2 Å². The average molecular weight is 292 g/mol. The van der Waals surface area contributed by atoms with E-state index in [0.717, 1.165) is 11.1 Å². The van der Waals surface area contributed by atoms with Gasteiger partial charge in [-0.1, -0.05) is 0 Å². The lowest BCUT2D eigenvalue weighted by Gasteiger charge is -2.04. The highest BCUT2D eigenvalue weighted by molar-refractivity contribution is 5.44. The summed E-state index contributed by atoms with van der Waals surface area (Å²) in [5.74, 6) is 0.240. The molecule has 0 aliphatic rings. The summed E-state index contributed by atoms with van der Waals surface area (Å²) in [5.41, 5.74) is 2.86. The maximum atomic E-state index is 9.14. The summed E-state index contributed by atoms with van der Waals surface area (Å²) in [7, 11) is 0. The lowest BCUT2D eigenvalue weighted by atomic mass is 10.1. The van der Waals surface area contributed by atoms with Crippen molar-refractivity contribution in [3.05, 3.63) is 46.5 Å². The van der Waals surface area contributed by atoms with Crippen LogP contribution in [0, 0.1) is 20.8 Å². The van der Waals surface area contributed by atoms with Gasteiger partial charge in [0.05, 0.1) is 6.61 Å². The Bertz CT molecular complexity index is 612. The molecule has 0 spiro atoms. The minimum atomic E-state index is -0.173. The highest BCUT2D eigenvalue weighted by Gasteiger charge is 2.03. The van der Waals surface area contributed by atoms with Crippen molar-refractivity contribution in [3.63, 3.8) is 0 Å². The number of aryl methyl sites for hydroxylation is 1. The van der Waals surface area contributed by atoms with Crippen molar-refractivity contribution in [3.8, 4) is 23.0 Å². The molecule has 0 unspecified atom stereocenters. The van der Waals surface area contributed by atoms with Crippen molar-refractivity contribution in [2.75, 3.05) is 0 Å². The molecular weight excluding hydrogens is 272 g/mol. The summed E-state index contributed by atoms with van der Waals surface area (Å²) in [4.78, 5) is 0. The molecule has 21 heavy (non-hydrogen) atoms. The van der Waals surface area contributed by atoms with E-state index < -0.39 is 0 Å². The monoisotopic (exact) mass is 292 g/mol. The molecule has 5 heteroatoms. The molecule has 0 radical (unpaired) electrons. The SMILES string of the molecule is Cc1c(O)cc(O)cc1CO.Cc1cc(O)cc(O)c1C. The van der Waals surface area contributed by atoms with Gasteiger partial charge in [0.1, 0.15) is 23.0 Å². The molecule has 0 aromatic heterocycles. The summed E-state index contributed by atoms with van der Waals surface area (Å²) >= 11 is 0. The number of hydrogen-bond acceptors (Lipinski definition) is 5. The molecular formula is C16H20O5. The molecule has 0 fully saturated rings. The number of hydrogen-bond donors (Lipinski definition) is 5. The lowest BCUT2D eigenvalue weighted by molar-refractivity contribution is 0.279. The molecule has 0 aliphatic carbocycles. The molecule has 0 heterocycles. The molecule has 0 saturated heterocycles. The first-order valence-electron chi connectivity index (χ1n) is 6.37. The van der Waals surface area contributed by atoms with E-state index in [1.54, 1.807) is 13.0 Å². The second kappa shape index (κ2) is 6.85. The van der Waals surface area contributed by atoms with Crippen molar-refractivity contribution >= 4 is 0 Å². The Morgan fingerprint density at radius 3 is 1.67 bits per heavy atom. The minimum Gasteiger partial charge on any atom is -0.508 e. The van der Waals surface area contributed by atoms with Gasteiger partial charge in [-0.15, -0.1) is 0 Å². The van der Waals surface area contributed by atoms with Crippen LogP contribution in [0.2, 0.25) is 0 Å². The van der Waals surface area contributed by atoms with Crippen molar-refractivity contribution in [2.45, 2.75) is 27.4 Å². The third-order valence-corrected chi connectivity index (χ3v) is 3.27. The number of phenols is 4. The molecule has 0 atom stereocenters. The summed E-state index contributed by atoms with van der Waals surface area (Å²) in [5, 5.41) is 44.9. The number of aliphatic hydroxyl groups is 1. The van der Waals surface area contributed by atoms with Crippen LogP contribution >= 0.6 is 0 Å². The number of rotatable bonds is 1. The highest BCUT2D eigenvalue weighted by atomic mass is 16.3. The molecule has 5 N–H and O–H groups in total. The van der Waals surface area contributed by atoms with Crippen LogP contribution in [-0.2, 0) is 6.61 Å². The van der Waals surface area contributed by atoms with Crippen LogP contribution in [0.15, 0.2) is 24.3 Å². The van der Waals surface area contributed by atoms with Crippen LogP contribution < -0.4 is 0 Å². The zero-order valence-corrected chi connectivity index (χ0v) is 12.3. The van der Waals surface area contributed by atoms with E-state index in [4.69, 9.17) is 25.5 Å². The molecule has 5 nitrogen and oxygen atoms in total. The Morgan fingerprint density at radius 1 is 0.714 bits per heavy atom. The fourth-order valence-corrected chi connectivity index (χ4v) is 1.73. The van der Waals surface area contributed by atoms with Crippen molar-refractivity contribution in [1.29, 1.82) is 0 Å². The van der Waals surface area contributed by atoms with Crippen LogP contribution in [0.25, 0.3) is 0 Å². The van der Waals surface area contributed by atoms with Crippen LogP contribution in [0.4, 0.5) is 0 Å². The Labute approximate surface area is 123 Å². The van der Waals surface area contributed by atoms with E-state index in [2.05, 4.69) is 0 Å². The molecule has 0 aliphatic heterocycles. The van der Waals surface area contributed by atoms with Gasteiger partial charge in [-0.25, -0.2) is 0 Å². The predicted molar refractivity (Wildman–Crippen MR) is 79.7 cm³/mol. The van der Waals surface area contributed by atoms with Crippen molar-refractivity contribution < 1.29 is 25.5 Å². The van der Waals surface area contributed by atoms with E-state index >= 15 is 0 Å². The fourth-order valence-electron chi connectivity index (χ4n) is 1.73. The minimum absolute atomic E-state index is 0.00838. The molecule has 2 rings (SSSR count). The Morgan fingerprint density at radius 2 is 1.19 bits per heavy atom. The molecule has 0 saturated carbocycles. The van der Waals surface area contributed by atoms with Gasteiger partial charge in [0, 0.05) is 12.1 Å². The molecule has 0 bridgehead atoms. The molecule has 2 aromatic rings. The van der Waals surface area contributed by atoms with E-state index in [1.807, 2.05) is 13.8 Å². The third kappa shape index (κ3) is 4.29. The first kappa shape index (κ1) is 16.7. The van der Waals surface area contributed by atoms with Crippen LogP contribution in [-0.4, -0.2) is 25.5 Å². The summed E-state index contributed by atoms with van der Waals surface area (Å²) in [6.45, 7) is 5.16. The average Bonchev–Trinajstić information content (AvgIpc) is 2.40. The largest absolute Gasteiger partial charge is 0.508 e. The standard InChI is InChI=1S/C8H10O3.C8H10O2/c1-5-6(4-9)2-7(10)3-8(5)11;1-5-3-7(9)4-8(10)6(5)2/h2-3,9-11H,4H2,1H3;3-4,9-10H,1-2H3. The quantitative estimate of drug-likeness (QED) is 0.556. The fraction of sp³-hybridized carbons (Fsp3) is 0.250. The zero-order valence-electron chi connectivity index (χ0n) is 12.3. The maximum Gasteiger partial charge on any atom is 0.122 e. The van der Waals surface area contributed by atoms with Crippen LogP contribution in [0.3, 0.4) is 0 Å². The van der Waals surface area contributed by atoms with Gasteiger partial charge in [-0.2, -0.15) is 0 Å². The smallest absolute Gasteiger partial charge is 0.122 e. The van der Waals surface area contributed by atoms with Crippen LogP contribution in [0.5, 0.6) is 23.0 Å². The highest BCUT2D eigenvalue weighted by Crippen LogP contribution is 2.26. The second-order valence-corrected chi connectivity index (χ2v) is 4.81. The van der Waals surface area contributed by atoms with Crippen molar-refractivity contribution in [2.24, 2.45) is 0 Å². The Balaban J connectivity index is 0.000000211. The Kier molecular flexibility index (Phi) is 5.44. The third-order valence-electron chi connectivity index (χ3n) is 3.27. The van der Waals surface area contributed by atoms with Gasteiger partial charge in [-0.05, 0) is 55.2 Å². The molecule has 2 aromatic carbocycles. The van der Waals surface area contributed by atoms with Gasteiger partial charge in [0.15, 0.2) is 0 Å². The number of benzene rings is 2. The maximum absolute atomic E-state index is 9.14. The first-order chi connectivity index (χ1) is 9.76. The zero-order chi connectivity index (χ0) is 16.2. The number of phenolic OH excluding ortho intramolecular Hbond substituents is 4. The normalized spacial score (nSPS) is 9.90. The van der Waals surface area contributed by atoms with Gasteiger partial charge in [0.25, 0.3) is 0 Å². The predicted octanol–water partition coefficient (Wildman–Crippen LogP) is 2.61. The summed E-state index contributed by atoms with van der Waals surface area (Å²) in [6.07, 6.45) is 0. The Hall–Kier alpha value is -2.40. The van der Waals surface area contributed by atoms with E-state index in [-0.39, 0.29) is 29.6 Å². The molecule has 114 valence electrons. The lowest BCUT2D eigenvalue weighted by Crippen LogP contribution is -1.88. The topological polar surface area (TPSA) is 101 Å². The summed E-state index contributed by atoms with van der Waals surface area (Å²) in [6, 6.07) is 5.63.